The first-order chi connectivity index (χ1) is 7.81. The molecular weight excluding hydrogens is 222 g/mol. The van der Waals surface area contributed by atoms with Crippen molar-refractivity contribution in [1.29, 1.82) is 5.26 Å². The van der Waals surface area contributed by atoms with Crippen molar-refractivity contribution >= 4 is 11.9 Å². The number of carboxylic acid groups (broad SMARTS) is 2. The zero-order valence-electron chi connectivity index (χ0n) is 10.4. The summed E-state index contributed by atoms with van der Waals surface area (Å²) in [4.78, 5) is 22.4. The third kappa shape index (κ3) is 3.45. The second-order valence-corrected chi connectivity index (χ2v) is 4.60. The van der Waals surface area contributed by atoms with Crippen molar-refractivity contribution in [3.8, 4) is 6.07 Å². The van der Waals surface area contributed by atoms with Gasteiger partial charge < -0.3 is 10.2 Å². The Morgan fingerprint density at radius 2 is 1.82 bits per heavy atom. The number of aliphatic carboxylic acids is 2. The maximum atomic E-state index is 11.2. The van der Waals surface area contributed by atoms with Crippen molar-refractivity contribution in [3.63, 3.8) is 0 Å². The van der Waals surface area contributed by atoms with Gasteiger partial charge in [0.2, 0.25) is 0 Å². The summed E-state index contributed by atoms with van der Waals surface area (Å²) < 4.78 is 0. The highest BCUT2D eigenvalue weighted by Gasteiger charge is 2.48. The van der Waals surface area contributed by atoms with E-state index in [1.807, 2.05) is 13.8 Å². The first-order valence-corrected chi connectivity index (χ1v) is 5.69. The number of hydrogen-bond donors (Lipinski definition) is 2. The van der Waals surface area contributed by atoms with Crippen molar-refractivity contribution in [2.24, 2.45) is 17.3 Å². The van der Waals surface area contributed by atoms with Gasteiger partial charge in [-0.3, -0.25) is 9.59 Å². The summed E-state index contributed by atoms with van der Waals surface area (Å²) in [6.07, 6.45) is 0.794. The molecule has 0 saturated carbocycles. The first-order valence-electron chi connectivity index (χ1n) is 5.69. The molecule has 17 heavy (non-hydrogen) atoms. The van der Waals surface area contributed by atoms with Gasteiger partial charge >= 0.3 is 11.9 Å². The van der Waals surface area contributed by atoms with Crippen LogP contribution < -0.4 is 0 Å². The number of nitrogens with zero attached hydrogens (tertiary/aromatic N) is 1. The van der Waals surface area contributed by atoms with E-state index in [1.54, 1.807) is 6.07 Å². The Bertz CT molecular complexity index is 332. The summed E-state index contributed by atoms with van der Waals surface area (Å²) in [6, 6.07) is 1.69. The molecule has 0 radical (unpaired) electrons. The van der Waals surface area contributed by atoms with Crippen molar-refractivity contribution in [3.05, 3.63) is 0 Å². The summed E-state index contributed by atoms with van der Waals surface area (Å²) in [5.74, 6) is -3.44. The topological polar surface area (TPSA) is 98.4 Å². The summed E-state index contributed by atoms with van der Waals surface area (Å²) in [5.41, 5.74) is -1.82. The molecule has 2 N–H and O–H groups in total. The SMILES string of the molecule is CCC(C#N)(C(=O)O)C(CCC(C)C)C(=O)O. The van der Waals surface area contributed by atoms with Crippen LogP contribution in [0.4, 0.5) is 0 Å². The molecule has 96 valence electrons. The van der Waals surface area contributed by atoms with E-state index in [0.29, 0.717) is 6.42 Å². The molecule has 5 heteroatoms. The normalized spacial score (nSPS) is 15.9. The lowest BCUT2D eigenvalue weighted by Crippen LogP contribution is -2.41. The molecule has 0 saturated heterocycles. The minimum Gasteiger partial charge on any atom is -0.481 e. The molecule has 0 aliphatic heterocycles. The average Bonchev–Trinajstić information content (AvgIpc) is 2.23. The fraction of sp³-hybridized carbons (Fsp3) is 0.750. The number of rotatable bonds is 7. The Kier molecular flexibility index (Phi) is 5.66. The van der Waals surface area contributed by atoms with Crippen molar-refractivity contribution in [1.82, 2.24) is 0 Å². The molecular formula is C12H19NO4. The summed E-state index contributed by atoms with van der Waals surface area (Å²) in [6.45, 7) is 5.39. The Labute approximate surface area is 101 Å². The zero-order valence-corrected chi connectivity index (χ0v) is 10.4. The van der Waals surface area contributed by atoms with Gasteiger partial charge in [-0.15, -0.1) is 0 Å². The number of carboxylic acids is 2. The van der Waals surface area contributed by atoms with Crippen LogP contribution in [0.3, 0.4) is 0 Å². The molecule has 0 heterocycles. The van der Waals surface area contributed by atoms with Crippen molar-refractivity contribution < 1.29 is 19.8 Å². The molecule has 0 spiro atoms. The van der Waals surface area contributed by atoms with Crippen LogP contribution in [0.5, 0.6) is 0 Å². The molecule has 5 nitrogen and oxygen atoms in total. The van der Waals surface area contributed by atoms with Gasteiger partial charge in [0.15, 0.2) is 5.41 Å². The highest BCUT2D eigenvalue weighted by molar-refractivity contribution is 5.86. The lowest BCUT2D eigenvalue weighted by atomic mass is 9.71. The maximum Gasteiger partial charge on any atom is 0.324 e. The summed E-state index contributed by atoms with van der Waals surface area (Å²) in [5, 5.41) is 27.3. The molecule has 0 rings (SSSR count). The van der Waals surface area contributed by atoms with Gasteiger partial charge in [0.1, 0.15) is 0 Å². The van der Waals surface area contributed by atoms with Gasteiger partial charge in [0, 0.05) is 0 Å². The lowest BCUT2D eigenvalue weighted by molar-refractivity contribution is -0.159. The number of hydrogen-bond acceptors (Lipinski definition) is 3. The summed E-state index contributed by atoms with van der Waals surface area (Å²) >= 11 is 0. The lowest BCUT2D eigenvalue weighted by Gasteiger charge is -2.27. The van der Waals surface area contributed by atoms with Gasteiger partial charge in [0.25, 0.3) is 0 Å². The van der Waals surface area contributed by atoms with E-state index in [1.165, 1.54) is 6.92 Å². The third-order valence-electron chi connectivity index (χ3n) is 3.06. The zero-order chi connectivity index (χ0) is 13.6. The standard InChI is InChI=1S/C12H19NO4/c1-4-12(7-13,11(16)17)9(10(14)15)6-5-8(2)3/h8-9H,4-6H2,1-3H3,(H,14,15)(H,16,17). The predicted octanol–water partition coefficient (Wildman–Crippen LogP) is 2.13. The maximum absolute atomic E-state index is 11.2. The van der Waals surface area contributed by atoms with E-state index in [4.69, 9.17) is 15.5 Å². The fourth-order valence-corrected chi connectivity index (χ4v) is 1.83. The van der Waals surface area contributed by atoms with Crippen LogP contribution >= 0.6 is 0 Å². The van der Waals surface area contributed by atoms with E-state index < -0.39 is 23.3 Å². The third-order valence-corrected chi connectivity index (χ3v) is 3.06. The van der Waals surface area contributed by atoms with Gasteiger partial charge in [-0.1, -0.05) is 27.2 Å². The molecule has 2 unspecified atom stereocenters. The number of carbonyl (C=O) groups is 2. The van der Waals surface area contributed by atoms with E-state index in [0.717, 1.165) is 0 Å². The molecule has 0 fully saturated rings. The van der Waals surface area contributed by atoms with E-state index in [-0.39, 0.29) is 18.8 Å². The van der Waals surface area contributed by atoms with Crippen molar-refractivity contribution in [2.45, 2.75) is 40.0 Å². The van der Waals surface area contributed by atoms with Crippen LogP contribution in [-0.4, -0.2) is 22.2 Å². The quantitative estimate of drug-likeness (QED) is 0.711. The molecule has 0 aromatic heterocycles. The van der Waals surface area contributed by atoms with Crippen LogP contribution in [0.1, 0.15) is 40.0 Å². The molecule has 2 atom stereocenters. The second kappa shape index (κ2) is 6.24. The average molecular weight is 241 g/mol. The Hall–Kier alpha value is -1.57. The van der Waals surface area contributed by atoms with Crippen LogP contribution in [0.2, 0.25) is 0 Å². The van der Waals surface area contributed by atoms with Gasteiger partial charge in [-0.25, -0.2) is 0 Å². The Morgan fingerprint density at radius 3 is 2.06 bits per heavy atom. The largest absolute Gasteiger partial charge is 0.481 e. The van der Waals surface area contributed by atoms with E-state index in [9.17, 15) is 9.59 Å². The van der Waals surface area contributed by atoms with E-state index >= 15 is 0 Å². The van der Waals surface area contributed by atoms with Crippen LogP contribution in [0.15, 0.2) is 0 Å². The van der Waals surface area contributed by atoms with Crippen LogP contribution in [0.25, 0.3) is 0 Å². The first kappa shape index (κ1) is 15.4. The molecule has 0 amide bonds. The van der Waals surface area contributed by atoms with E-state index in [2.05, 4.69) is 0 Å². The smallest absolute Gasteiger partial charge is 0.324 e. The van der Waals surface area contributed by atoms with Gasteiger partial charge in [0.05, 0.1) is 12.0 Å². The molecule has 0 aliphatic rings. The molecule has 0 bridgehead atoms. The minimum absolute atomic E-state index is 0.00606. The van der Waals surface area contributed by atoms with Crippen LogP contribution in [-0.2, 0) is 9.59 Å². The highest BCUT2D eigenvalue weighted by atomic mass is 16.4. The minimum atomic E-state index is -1.82. The highest BCUT2D eigenvalue weighted by Crippen LogP contribution is 2.35. The molecule has 0 aliphatic carbocycles. The molecule has 0 aromatic carbocycles. The van der Waals surface area contributed by atoms with Gasteiger partial charge in [-0.05, 0) is 18.8 Å². The Morgan fingerprint density at radius 1 is 1.29 bits per heavy atom. The predicted molar refractivity (Wildman–Crippen MR) is 61.2 cm³/mol. The van der Waals surface area contributed by atoms with Crippen LogP contribution in [0, 0.1) is 28.6 Å². The fourth-order valence-electron chi connectivity index (χ4n) is 1.83. The number of nitriles is 1. The van der Waals surface area contributed by atoms with Gasteiger partial charge in [-0.2, -0.15) is 5.26 Å². The molecule has 0 aromatic rings. The second-order valence-electron chi connectivity index (χ2n) is 4.60. The van der Waals surface area contributed by atoms with Crippen molar-refractivity contribution in [2.75, 3.05) is 0 Å². The monoisotopic (exact) mass is 241 g/mol. The summed E-state index contributed by atoms with van der Waals surface area (Å²) in [7, 11) is 0. The Balaban J connectivity index is 5.19.